The van der Waals surface area contributed by atoms with E-state index in [9.17, 15) is 0 Å². The van der Waals surface area contributed by atoms with Gasteiger partial charge in [-0.25, -0.2) is 4.98 Å². The van der Waals surface area contributed by atoms with E-state index in [0.29, 0.717) is 19.2 Å². The van der Waals surface area contributed by atoms with Crippen LogP contribution in [-0.4, -0.2) is 36.8 Å². The Kier molecular flexibility index (Phi) is 4.01. The molecule has 2 unspecified atom stereocenters. The van der Waals surface area contributed by atoms with Crippen LogP contribution < -0.4 is 10.6 Å². The molecular weight excluding hydrogens is 282 g/mol. The maximum Gasteiger partial charge on any atom is 0.143 e. The van der Waals surface area contributed by atoms with Crippen LogP contribution in [0.15, 0.2) is 16.7 Å². The molecular formula is C12H18BrN3O. The highest BCUT2D eigenvalue weighted by molar-refractivity contribution is 9.10. The van der Waals surface area contributed by atoms with Crippen LogP contribution in [0.1, 0.15) is 12.5 Å². The van der Waals surface area contributed by atoms with E-state index in [2.05, 4.69) is 38.8 Å². The lowest BCUT2D eigenvalue weighted by Crippen LogP contribution is -2.51. The number of nitrogens with zero attached hydrogens (tertiary/aromatic N) is 2. The molecule has 2 heterocycles. The number of hydrogen-bond donors (Lipinski definition) is 1. The van der Waals surface area contributed by atoms with Gasteiger partial charge in [0, 0.05) is 19.3 Å². The van der Waals surface area contributed by atoms with Gasteiger partial charge in [-0.05, 0) is 41.4 Å². The first-order valence-corrected chi connectivity index (χ1v) is 6.61. The van der Waals surface area contributed by atoms with Gasteiger partial charge in [-0.1, -0.05) is 0 Å². The minimum atomic E-state index is 0.0983. The molecule has 0 aliphatic carbocycles. The number of hydrogen-bond acceptors (Lipinski definition) is 4. The van der Waals surface area contributed by atoms with Gasteiger partial charge < -0.3 is 15.4 Å². The van der Waals surface area contributed by atoms with Crippen molar-refractivity contribution in [2.75, 3.05) is 24.6 Å². The molecule has 0 aromatic carbocycles. The molecule has 2 N–H and O–H groups in total. The number of rotatable bonds is 2. The van der Waals surface area contributed by atoms with E-state index in [-0.39, 0.29) is 6.10 Å². The quantitative estimate of drug-likeness (QED) is 0.903. The Hall–Kier alpha value is -0.650. The zero-order valence-corrected chi connectivity index (χ0v) is 11.8. The number of nitrogens with two attached hydrogens (primary N) is 1. The van der Waals surface area contributed by atoms with E-state index in [1.165, 1.54) is 0 Å². The Morgan fingerprint density at radius 3 is 3.06 bits per heavy atom. The van der Waals surface area contributed by atoms with Crippen LogP contribution in [0, 0.1) is 6.92 Å². The van der Waals surface area contributed by atoms with Crippen LogP contribution in [0.2, 0.25) is 0 Å². The number of aromatic nitrogens is 1. The lowest BCUT2D eigenvalue weighted by Gasteiger charge is -2.38. The molecule has 1 aliphatic heterocycles. The van der Waals surface area contributed by atoms with Crippen molar-refractivity contribution >= 4 is 21.7 Å². The Balaban J connectivity index is 2.24. The summed E-state index contributed by atoms with van der Waals surface area (Å²) in [4.78, 5) is 6.76. The molecule has 1 fully saturated rings. The molecule has 0 amide bonds. The molecule has 0 spiro atoms. The SMILES string of the molecule is Cc1cnc(N2CC(CN)OCC2C)c(Br)c1. The van der Waals surface area contributed by atoms with E-state index in [1.807, 2.05) is 13.1 Å². The molecule has 2 rings (SSSR count). The summed E-state index contributed by atoms with van der Waals surface area (Å²) in [5, 5.41) is 0. The molecule has 0 saturated carbocycles. The molecule has 5 heteroatoms. The van der Waals surface area contributed by atoms with Crippen LogP contribution in [0.3, 0.4) is 0 Å². The molecule has 17 heavy (non-hydrogen) atoms. The Morgan fingerprint density at radius 1 is 1.65 bits per heavy atom. The third kappa shape index (κ3) is 2.78. The van der Waals surface area contributed by atoms with E-state index in [1.54, 1.807) is 0 Å². The first-order valence-electron chi connectivity index (χ1n) is 5.82. The van der Waals surface area contributed by atoms with E-state index in [0.717, 1.165) is 22.4 Å². The van der Waals surface area contributed by atoms with Crippen molar-refractivity contribution in [3.63, 3.8) is 0 Å². The largest absolute Gasteiger partial charge is 0.373 e. The summed E-state index contributed by atoms with van der Waals surface area (Å²) in [5.41, 5.74) is 6.82. The predicted octanol–water partition coefficient (Wildman–Crippen LogP) is 1.70. The van der Waals surface area contributed by atoms with Gasteiger partial charge in [0.2, 0.25) is 0 Å². The highest BCUT2D eigenvalue weighted by Crippen LogP contribution is 2.28. The average Bonchev–Trinajstić information content (AvgIpc) is 2.30. The predicted molar refractivity (Wildman–Crippen MR) is 72.3 cm³/mol. The van der Waals surface area contributed by atoms with Crippen molar-refractivity contribution < 1.29 is 4.74 Å². The second kappa shape index (κ2) is 5.33. The Morgan fingerprint density at radius 2 is 2.41 bits per heavy atom. The first-order chi connectivity index (χ1) is 8.11. The second-order valence-electron chi connectivity index (χ2n) is 4.51. The summed E-state index contributed by atoms with van der Waals surface area (Å²) < 4.78 is 6.67. The van der Waals surface area contributed by atoms with Gasteiger partial charge in [-0.15, -0.1) is 0 Å². The van der Waals surface area contributed by atoms with Crippen molar-refractivity contribution in [1.82, 2.24) is 4.98 Å². The maximum absolute atomic E-state index is 5.67. The first kappa shape index (κ1) is 12.8. The van der Waals surface area contributed by atoms with Gasteiger partial charge in [-0.2, -0.15) is 0 Å². The average molecular weight is 300 g/mol. The summed E-state index contributed by atoms with van der Waals surface area (Å²) in [7, 11) is 0. The van der Waals surface area contributed by atoms with Crippen molar-refractivity contribution in [2.24, 2.45) is 5.73 Å². The summed E-state index contributed by atoms with van der Waals surface area (Å²) in [6.45, 7) is 6.22. The third-order valence-corrected chi connectivity index (χ3v) is 3.58. The maximum atomic E-state index is 5.67. The fourth-order valence-electron chi connectivity index (χ4n) is 1.99. The molecule has 0 radical (unpaired) electrons. The minimum absolute atomic E-state index is 0.0983. The zero-order chi connectivity index (χ0) is 12.4. The molecule has 1 saturated heterocycles. The highest BCUT2D eigenvalue weighted by Gasteiger charge is 2.27. The van der Waals surface area contributed by atoms with Crippen LogP contribution in [-0.2, 0) is 4.74 Å². The van der Waals surface area contributed by atoms with Crippen LogP contribution >= 0.6 is 15.9 Å². The summed E-state index contributed by atoms with van der Waals surface area (Å²) in [5.74, 6) is 0.977. The standard InChI is InChI=1S/C12H18BrN3O/c1-8-3-11(13)12(15-5-8)16-6-10(4-14)17-7-9(16)2/h3,5,9-10H,4,6-7,14H2,1-2H3. The van der Waals surface area contributed by atoms with Crippen LogP contribution in [0.5, 0.6) is 0 Å². The van der Waals surface area contributed by atoms with Gasteiger partial charge in [0.15, 0.2) is 0 Å². The topological polar surface area (TPSA) is 51.4 Å². The van der Waals surface area contributed by atoms with Gasteiger partial charge in [0.1, 0.15) is 5.82 Å². The van der Waals surface area contributed by atoms with E-state index in [4.69, 9.17) is 10.5 Å². The molecule has 1 aliphatic rings. The molecule has 0 bridgehead atoms. The number of halogens is 1. The van der Waals surface area contributed by atoms with E-state index < -0.39 is 0 Å². The second-order valence-corrected chi connectivity index (χ2v) is 5.36. The fraction of sp³-hybridized carbons (Fsp3) is 0.583. The molecule has 2 atom stereocenters. The zero-order valence-electron chi connectivity index (χ0n) is 10.2. The van der Waals surface area contributed by atoms with Gasteiger partial charge >= 0.3 is 0 Å². The van der Waals surface area contributed by atoms with Gasteiger partial charge in [0.25, 0.3) is 0 Å². The summed E-state index contributed by atoms with van der Waals surface area (Å²) >= 11 is 3.58. The van der Waals surface area contributed by atoms with Gasteiger partial charge in [0.05, 0.1) is 23.2 Å². The molecule has 1 aromatic rings. The molecule has 94 valence electrons. The number of aryl methyl sites for hydroxylation is 1. The fourth-order valence-corrected chi connectivity index (χ4v) is 2.68. The van der Waals surface area contributed by atoms with Crippen molar-refractivity contribution in [3.8, 4) is 0 Å². The molecule has 1 aromatic heterocycles. The Bertz CT molecular complexity index is 399. The third-order valence-electron chi connectivity index (χ3n) is 3.00. The number of morpholine rings is 1. The normalized spacial score (nSPS) is 25.1. The number of anilines is 1. The highest BCUT2D eigenvalue weighted by atomic mass is 79.9. The minimum Gasteiger partial charge on any atom is -0.373 e. The number of pyridine rings is 1. The summed E-state index contributed by atoms with van der Waals surface area (Å²) in [6, 6.07) is 2.41. The lowest BCUT2D eigenvalue weighted by molar-refractivity contribution is 0.0279. The van der Waals surface area contributed by atoms with Crippen molar-refractivity contribution in [2.45, 2.75) is 26.0 Å². The lowest BCUT2D eigenvalue weighted by atomic mass is 10.2. The van der Waals surface area contributed by atoms with Crippen molar-refractivity contribution in [1.29, 1.82) is 0 Å². The smallest absolute Gasteiger partial charge is 0.143 e. The van der Waals surface area contributed by atoms with Crippen molar-refractivity contribution in [3.05, 3.63) is 22.3 Å². The van der Waals surface area contributed by atoms with Gasteiger partial charge in [-0.3, -0.25) is 0 Å². The van der Waals surface area contributed by atoms with E-state index >= 15 is 0 Å². The summed E-state index contributed by atoms with van der Waals surface area (Å²) in [6.07, 6.45) is 1.99. The number of ether oxygens (including phenoxy) is 1. The monoisotopic (exact) mass is 299 g/mol. The van der Waals surface area contributed by atoms with Crippen LogP contribution in [0.25, 0.3) is 0 Å². The van der Waals surface area contributed by atoms with Crippen LogP contribution in [0.4, 0.5) is 5.82 Å². The molecule has 4 nitrogen and oxygen atoms in total. The Labute approximate surface area is 110 Å².